The fourth-order valence-corrected chi connectivity index (χ4v) is 4.42. The highest BCUT2D eigenvalue weighted by Crippen LogP contribution is 2.30. The molecule has 31 heavy (non-hydrogen) atoms. The monoisotopic (exact) mass is 419 g/mol. The molecule has 0 saturated carbocycles. The molecule has 2 aliphatic heterocycles. The molecule has 2 fully saturated rings. The summed E-state index contributed by atoms with van der Waals surface area (Å²) in [6.45, 7) is 5.86. The minimum atomic E-state index is -0.453. The van der Waals surface area contributed by atoms with Crippen LogP contribution in [0, 0.1) is 19.8 Å². The summed E-state index contributed by atoms with van der Waals surface area (Å²) in [7, 11) is 0. The SMILES string of the molecule is Cc1cccc(N2CC(C(=O)Nc3ccccc3C(=O)N3CCCCC3)CC2=O)c1C. The molecule has 6 heteroatoms. The number of aryl methyl sites for hydroxylation is 1. The molecule has 2 aromatic carbocycles. The highest BCUT2D eigenvalue weighted by molar-refractivity contribution is 6.07. The van der Waals surface area contributed by atoms with E-state index in [1.54, 1.807) is 17.0 Å². The number of amides is 3. The summed E-state index contributed by atoms with van der Waals surface area (Å²) in [5.74, 6) is -0.771. The summed E-state index contributed by atoms with van der Waals surface area (Å²) in [4.78, 5) is 42.3. The van der Waals surface area contributed by atoms with Crippen LogP contribution in [0.15, 0.2) is 42.5 Å². The first-order valence-corrected chi connectivity index (χ1v) is 11.0. The number of nitrogens with one attached hydrogen (secondary N) is 1. The highest BCUT2D eigenvalue weighted by atomic mass is 16.2. The van der Waals surface area contributed by atoms with Crippen molar-refractivity contribution >= 4 is 29.1 Å². The van der Waals surface area contributed by atoms with E-state index >= 15 is 0 Å². The average Bonchev–Trinajstić information content (AvgIpc) is 3.18. The molecule has 2 aliphatic rings. The summed E-state index contributed by atoms with van der Waals surface area (Å²) in [5, 5.41) is 2.93. The standard InChI is InChI=1S/C25H29N3O3/c1-17-9-8-12-22(18(17)2)28-16-19(15-23(28)29)24(30)26-21-11-5-4-10-20(21)25(31)27-13-6-3-7-14-27/h4-5,8-12,19H,3,6-7,13-16H2,1-2H3,(H,26,30). The quantitative estimate of drug-likeness (QED) is 0.817. The largest absolute Gasteiger partial charge is 0.339 e. The van der Waals surface area contributed by atoms with Crippen molar-refractivity contribution in [2.45, 2.75) is 39.5 Å². The number of piperidine rings is 1. The number of carbonyl (C=O) groups excluding carboxylic acids is 3. The normalized spacial score (nSPS) is 18.9. The second kappa shape index (κ2) is 8.92. The average molecular weight is 420 g/mol. The Morgan fingerprint density at radius 3 is 2.48 bits per heavy atom. The van der Waals surface area contributed by atoms with Gasteiger partial charge in [-0.15, -0.1) is 0 Å². The van der Waals surface area contributed by atoms with Crippen LogP contribution in [0.5, 0.6) is 0 Å². The van der Waals surface area contributed by atoms with Gasteiger partial charge in [0.05, 0.1) is 17.2 Å². The van der Waals surface area contributed by atoms with Gasteiger partial charge in [0.25, 0.3) is 5.91 Å². The molecule has 2 heterocycles. The molecular formula is C25H29N3O3. The zero-order valence-corrected chi connectivity index (χ0v) is 18.2. The first kappa shape index (κ1) is 21.1. The third-order valence-corrected chi connectivity index (χ3v) is 6.42. The van der Waals surface area contributed by atoms with Crippen molar-refractivity contribution in [3.63, 3.8) is 0 Å². The lowest BCUT2D eigenvalue weighted by molar-refractivity contribution is -0.122. The highest BCUT2D eigenvalue weighted by Gasteiger charge is 2.36. The number of likely N-dealkylation sites (tertiary alicyclic amines) is 1. The summed E-state index contributed by atoms with van der Waals surface area (Å²) in [5.41, 5.74) is 4.05. The van der Waals surface area contributed by atoms with Crippen molar-refractivity contribution in [1.82, 2.24) is 4.90 Å². The van der Waals surface area contributed by atoms with E-state index < -0.39 is 5.92 Å². The molecule has 1 atom stereocenters. The second-order valence-corrected chi connectivity index (χ2v) is 8.51. The van der Waals surface area contributed by atoms with Gasteiger partial charge in [-0.3, -0.25) is 14.4 Å². The molecule has 0 aromatic heterocycles. The molecule has 2 saturated heterocycles. The maximum Gasteiger partial charge on any atom is 0.255 e. The number of nitrogens with zero attached hydrogens (tertiary/aromatic N) is 2. The molecular weight excluding hydrogens is 390 g/mol. The number of hydrogen-bond acceptors (Lipinski definition) is 3. The van der Waals surface area contributed by atoms with Crippen LogP contribution in [-0.2, 0) is 9.59 Å². The predicted octanol–water partition coefficient (Wildman–Crippen LogP) is 3.92. The van der Waals surface area contributed by atoms with Crippen molar-refractivity contribution in [3.05, 3.63) is 59.2 Å². The van der Waals surface area contributed by atoms with Crippen LogP contribution in [0.2, 0.25) is 0 Å². The van der Waals surface area contributed by atoms with E-state index in [0.29, 0.717) is 17.8 Å². The van der Waals surface area contributed by atoms with E-state index in [-0.39, 0.29) is 24.1 Å². The van der Waals surface area contributed by atoms with Crippen LogP contribution in [-0.4, -0.2) is 42.3 Å². The number of para-hydroxylation sites is 1. The third kappa shape index (κ3) is 4.33. The fraction of sp³-hybridized carbons (Fsp3) is 0.400. The van der Waals surface area contributed by atoms with Gasteiger partial charge in [0, 0.05) is 31.7 Å². The Bertz CT molecular complexity index is 1010. The van der Waals surface area contributed by atoms with Gasteiger partial charge in [0.2, 0.25) is 11.8 Å². The number of carbonyl (C=O) groups is 3. The smallest absolute Gasteiger partial charge is 0.255 e. The van der Waals surface area contributed by atoms with Crippen molar-refractivity contribution in [2.24, 2.45) is 5.92 Å². The van der Waals surface area contributed by atoms with Gasteiger partial charge >= 0.3 is 0 Å². The lowest BCUT2D eigenvalue weighted by atomic mass is 10.1. The number of anilines is 2. The van der Waals surface area contributed by atoms with E-state index in [4.69, 9.17) is 0 Å². The van der Waals surface area contributed by atoms with Crippen LogP contribution in [0.1, 0.15) is 47.2 Å². The van der Waals surface area contributed by atoms with Gasteiger partial charge in [-0.2, -0.15) is 0 Å². The van der Waals surface area contributed by atoms with Gasteiger partial charge in [-0.1, -0.05) is 24.3 Å². The van der Waals surface area contributed by atoms with Crippen molar-refractivity contribution in [1.29, 1.82) is 0 Å². The zero-order valence-electron chi connectivity index (χ0n) is 18.2. The molecule has 0 spiro atoms. The molecule has 1 N–H and O–H groups in total. The Kier molecular flexibility index (Phi) is 6.07. The minimum Gasteiger partial charge on any atom is -0.339 e. The third-order valence-electron chi connectivity index (χ3n) is 6.42. The van der Waals surface area contributed by atoms with Crippen molar-refractivity contribution in [3.8, 4) is 0 Å². The molecule has 0 aliphatic carbocycles. The first-order valence-electron chi connectivity index (χ1n) is 11.0. The van der Waals surface area contributed by atoms with E-state index in [9.17, 15) is 14.4 Å². The van der Waals surface area contributed by atoms with Crippen LogP contribution in [0.4, 0.5) is 11.4 Å². The Labute approximate surface area is 183 Å². The Morgan fingerprint density at radius 2 is 1.71 bits per heavy atom. The topological polar surface area (TPSA) is 69.7 Å². The van der Waals surface area contributed by atoms with Crippen LogP contribution in [0.25, 0.3) is 0 Å². The maximum absolute atomic E-state index is 13.0. The molecule has 162 valence electrons. The Balaban J connectivity index is 1.49. The van der Waals surface area contributed by atoms with Crippen LogP contribution < -0.4 is 10.2 Å². The molecule has 0 bridgehead atoms. The van der Waals surface area contributed by atoms with Gasteiger partial charge in [0.15, 0.2) is 0 Å². The lowest BCUT2D eigenvalue weighted by Crippen LogP contribution is -2.36. The molecule has 0 radical (unpaired) electrons. The van der Waals surface area contributed by atoms with Crippen LogP contribution >= 0.6 is 0 Å². The van der Waals surface area contributed by atoms with Crippen molar-refractivity contribution < 1.29 is 14.4 Å². The van der Waals surface area contributed by atoms with Gasteiger partial charge in [0.1, 0.15) is 0 Å². The maximum atomic E-state index is 13.0. The summed E-state index contributed by atoms with van der Waals surface area (Å²) in [6, 6.07) is 13.0. The minimum absolute atomic E-state index is 0.0462. The molecule has 1 unspecified atom stereocenters. The summed E-state index contributed by atoms with van der Waals surface area (Å²) < 4.78 is 0. The molecule has 3 amide bonds. The predicted molar refractivity (Wildman–Crippen MR) is 121 cm³/mol. The summed E-state index contributed by atoms with van der Waals surface area (Å²) >= 11 is 0. The number of hydrogen-bond donors (Lipinski definition) is 1. The van der Waals surface area contributed by atoms with Gasteiger partial charge in [-0.25, -0.2) is 0 Å². The summed E-state index contributed by atoms with van der Waals surface area (Å²) in [6.07, 6.45) is 3.34. The lowest BCUT2D eigenvalue weighted by Gasteiger charge is -2.27. The molecule has 4 rings (SSSR count). The van der Waals surface area contributed by atoms with Gasteiger partial charge in [-0.05, 0) is 62.4 Å². The molecule has 2 aromatic rings. The first-order chi connectivity index (χ1) is 15.0. The van der Waals surface area contributed by atoms with Crippen LogP contribution in [0.3, 0.4) is 0 Å². The van der Waals surface area contributed by atoms with E-state index in [2.05, 4.69) is 5.32 Å². The fourth-order valence-electron chi connectivity index (χ4n) is 4.42. The van der Waals surface area contributed by atoms with E-state index in [0.717, 1.165) is 49.2 Å². The Morgan fingerprint density at radius 1 is 0.968 bits per heavy atom. The zero-order chi connectivity index (χ0) is 22.0. The van der Waals surface area contributed by atoms with E-state index in [1.807, 2.05) is 49.1 Å². The van der Waals surface area contributed by atoms with Crippen molar-refractivity contribution in [2.75, 3.05) is 29.9 Å². The Hall–Kier alpha value is -3.15. The number of rotatable bonds is 4. The van der Waals surface area contributed by atoms with Gasteiger partial charge < -0.3 is 15.1 Å². The number of benzene rings is 2. The molecule has 6 nitrogen and oxygen atoms in total. The van der Waals surface area contributed by atoms with E-state index in [1.165, 1.54) is 0 Å². The second-order valence-electron chi connectivity index (χ2n) is 8.51.